The molecule has 0 aromatic carbocycles. The summed E-state index contributed by atoms with van der Waals surface area (Å²) in [6, 6.07) is 3.85. The lowest BCUT2D eigenvalue weighted by Crippen LogP contribution is -2.51. The Kier molecular flexibility index (Phi) is 5.35. The Labute approximate surface area is 131 Å². The van der Waals surface area contributed by atoms with E-state index in [9.17, 15) is 8.42 Å². The molecule has 1 aromatic heterocycles. The van der Waals surface area contributed by atoms with Crippen molar-refractivity contribution in [3.8, 4) is 0 Å². The molecule has 1 fully saturated rings. The summed E-state index contributed by atoms with van der Waals surface area (Å²) in [6.07, 6.45) is 0.807. The van der Waals surface area contributed by atoms with Gasteiger partial charge in [0.25, 0.3) is 0 Å². The second-order valence-electron chi connectivity index (χ2n) is 5.91. The summed E-state index contributed by atoms with van der Waals surface area (Å²) in [4.78, 5) is 0. The minimum atomic E-state index is -3.15. The third-order valence-corrected chi connectivity index (χ3v) is 6.44. The van der Waals surface area contributed by atoms with E-state index in [1.165, 1.54) is 0 Å². The van der Waals surface area contributed by atoms with Crippen LogP contribution in [0, 0.1) is 5.92 Å². The molecule has 21 heavy (non-hydrogen) atoms. The highest BCUT2D eigenvalue weighted by Crippen LogP contribution is 2.22. The first kappa shape index (κ1) is 16.8. The number of nitrogens with one attached hydrogen (secondary N) is 1. The first-order valence-corrected chi connectivity index (χ1v) is 9.15. The van der Waals surface area contributed by atoms with E-state index in [4.69, 9.17) is 16.0 Å². The van der Waals surface area contributed by atoms with Gasteiger partial charge in [-0.15, -0.1) is 0 Å². The molecule has 120 valence electrons. The molecule has 0 unspecified atom stereocenters. The highest BCUT2D eigenvalue weighted by atomic mass is 35.5. The fourth-order valence-corrected chi connectivity index (χ4v) is 4.18. The van der Waals surface area contributed by atoms with Crippen molar-refractivity contribution < 1.29 is 12.8 Å². The third kappa shape index (κ3) is 4.00. The van der Waals surface area contributed by atoms with E-state index in [1.807, 2.05) is 6.07 Å². The van der Waals surface area contributed by atoms with Crippen LogP contribution in [0.15, 0.2) is 16.5 Å². The molecular weight excluding hydrogens is 312 g/mol. The largest absolute Gasteiger partial charge is 0.448 e. The van der Waals surface area contributed by atoms with Crippen LogP contribution in [0.1, 0.15) is 33.0 Å². The number of nitrogens with zero attached hydrogens (tertiary/aromatic N) is 1. The fraction of sp³-hybridized carbons (Fsp3) is 0.714. The van der Waals surface area contributed by atoms with Gasteiger partial charge in [-0.2, -0.15) is 0 Å². The SMILES string of the molecule is CC(C)S(=O)(=O)N1CC[C@@H](NCc2ccc(Cl)o2)[C@@H](C)C1. The summed E-state index contributed by atoms with van der Waals surface area (Å²) < 4.78 is 31.3. The number of hydrogen-bond donors (Lipinski definition) is 1. The van der Waals surface area contributed by atoms with Crippen LogP contribution in [0.3, 0.4) is 0 Å². The van der Waals surface area contributed by atoms with Gasteiger partial charge >= 0.3 is 0 Å². The van der Waals surface area contributed by atoms with Crippen molar-refractivity contribution >= 4 is 21.6 Å². The molecular formula is C14H23ClN2O3S. The van der Waals surface area contributed by atoms with E-state index in [1.54, 1.807) is 24.2 Å². The fourth-order valence-electron chi connectivity index (χ4n) is 2.62. The van der Waals surface area contributed by atoms with Crippen LogP contribution in [0.4, 0.5) is 0 Å². The maximum Gasteiger partial charge on any atom is 0.216 e. The lowest BCUT2D eigenvalue weighted by molar-refractivity contribution is 0.215. The zero-order chi connectivity index (χ0) is 15.6. The Morgan fingerprint density at radius 3 is 2.71 bits per heavy atom. The van der Waals surface area contributed by atoms with Crippen molar-refractivity contribution in [1.82, 2.24) is 9.62 Å². The van der Waals surface area contributed by atoms with Crippen LogP contribution < -0.4 is 5.32 Å². The molecule has 0 spiro atoms. The van der Waals surface area contributed by atoms with Crippen molar-refractivity contribution in [3.05, 3.63) is 23.1 Å². The normalized spacial score (nSPS) is 24.6. The second kappa shape index (κ2) is 6.69. The van der Waals surface area contributed by atoms with Crippen LogP contribution in [0.25, 0.3) is 0 Å². The van der Waals surface area contributed by atoms with Gasteiger partial charge in [-0.05, 0) is 49.9 Å². The van der Waals surface area contributed by atoms with Gasteiger partial charge in [0.2, 0.25) is 10.0 Å². The Bertz CT molecular complexity index is 571. The predicted octanol–water partition coefficient (Wildman–Crippen LogP) is 2.47. The monoisotopic (exact) mass is 334 g/mol. The first-order valence-electron chi connectivity index (χ1n) is 7.27. The van der Waals surface area contributed by atoms with Gasteiger partial charge in [-0.1, -0.05) is 6.92 Å². The van der Waals surface area contributed by atoms with Crippen LogP contribution in [0.2, 0.25) is 5.22 Å². The Balaban J connectivity index is 1.89. The first-order chi connectivity index (χ1) is 9.80. The topological polar surface area (TPSA) is 62.6 Å². The van der Waals surface area contributed by atoms with Crippen molar-refractivity contribution in [2.75, 3.05) is 13.1 Å². The van der Waals surface area contributed by atoms with Crippen LogP contribution >= 0.6 is 11.6 Å². The maximum atomic E-state index is 12.2. The average Bonchev–Trinajstić information content (AvgIpc) is 2.82. The number of hydrogen-bond acceptors (Lipinski definition) is 4. The van der Waals surface area contributed by atoms with Crippen molar-refractivity contribution in [1.29, 1.82) is 0 Å². The molecule has 0 amide bonds. The smallest absolute Gasteiger partial charge is 0.216 e. The van der Waals surface area contributed by atoms with E-state index < -0.39 is 10.0 Å². The van der Waals surface area contributed by atoms with Gasteiger partial charge in [0.15, 0.2) is 5.22 Å². The summed E-state index contributed by atoms with van der Waals surface area (Å²) in [5.41, 5.74) is 0. The van der Waals surface area contributed by atoms with E-state index in [-0.39, 0.29) is 17.2 Å². The molecule has 1 saturated heterocycles. The van der Waals surface area contributed by atoms with Gasteiger partial charge in [-0.3, -0.25) is 0 Å². The minimum absolute atomic E-state index is 0.262. The lowest BCUT2D eigenvalue weighted by Gasteiger charge is -2.37. The van der Waals surface area contributed by atoms with Crippen LogP contribution in [-0.4, -0.2) is 37.1 Å². The van der Waals surface area contributed by atoms with E-state index in [0.29, 0.717) is 24.9 Å². The van der Waals surface area contributed by atoms with Crippen molar-refractivity contribution in [2.24, 2.45) is 5.92 Å². The molecule has 2 atom stereocenters. The molecule has 2 rings (SSSR count). The van der Waals surface area contributed by atoms with E-state index in [0.717, 1.165) is 12.2 Å². The Hall–Kier alpha value is -0.560. The lowest BCUT2D eigenvalue weighted by atomic mass is 9.95. The van der Waals surface area contributed by atoms with Gasteiger partial charge in [0.1, 0.15) is 5.76 Å². The molecule has 5 nitrogen and oxygen atoms in total. The van der Waals surface area contributed by atoms with Gasteiger partial charge in [0.05, 0.1) is 11.8 Å². The number of sulfonamides is 1. The molecule has 1 N–H and O–H groups in total. The standard InChI is InChI=1S/C14H23ClN2O3S/c1-10(2)21(18,19)17-7-6-13(11(3)9-17)16-8-12-4-5-14(15)20-12/h4-5,10-11,13,16H,6-9H2,1-3H3/t11-,13+/m0/s1. The van der Waals surface area contributed by atoms with Crippen LogP contribution in [-0.2, 0) is 16.6 Å². The summed E-state index contributed by atoms with van der Waals surface area (Å²) >= 11 is 5.74. The molecule has 1 aromatic rings. The van der Waals surface area contributed by atoms with E-state index >= 15 is 0 Å². The average molecular weight is 335 g/mol. The zero-order valence-electron chi connectivity index (χ0n) is 12.7. The zero-order valence-corrected chi connectivity index (χ0v) is 14.2. The van der Waals surface area contributed by atoms with Crippen molar-refractivity contribution in [3.63, 3.8) is 0 Å². The quantitative estimate of drug-likeness (QED) is 0.898. The Morgan fingerprint density at radius 1 is 1.48 bits per heavy atom. The summed E-state index contributed by atoms with van der Waals surface area (Å²) in [5, 5.41) is 3.45. The summed E-state index contributed by atoms with van der Waals surface area (Å²) in [6.45, 7) is 7.28. The third-order valence-electron chi connectivity index (χ3n) is 3.99. The summed E-state index contributed by atoms with van der Waals surface area (Å²) in [7, 11) is -3.15. The van der Waals surface area contributed by atoms with Gasteiger partial charge in [0, 0.05) is 19.1 Å². The predicted molar refractivity (Wildman–Crippen MR) is 83.8 cm³/mol. The van der Waals surface area contributed by atoms with Gasteiger partial charge < -0.3 is 9.73 Å². The molecule has 7 heteroatoms. The molecule has 0 radical (unpaired) electrons. The minimum Gasteiger partial charge on any atom is -0.448 e. The van der Waals surface area contributed by atoms with Crippen LogP contribution in [0.5, 0.6) is 0 Å². The molecule has 1 aliphatic heterocycles. The molecule has 0 saturated carbocycles. The number of furan rings is 1. The van der Waals surface area contributed by atoms with Gasteiger partial charge in [-0.25, -0.2) is 12.7 Å². The highest BCUT2D eigenvalue weighted by molar-refractivity contribution is 7.89. The molecule has 0 bridgehead atoms. The maximum absolute atomic E-state index is 12.2. The van der Waals surface area contributed by atoms with E-state index in [2.05, 4.69) is 12.2 Å². The molecule has 0 aliphatic carbocycles. The molecule has 1 aliphatic rings. The number of rotatable bonds is 5. The highest BCUT2D eigenvalue weighted by Gasteiger charge is 2.33. The Morgan fingerprint density at radius 2 is 2.19 bits per heavy atom. The molecule has 2 heterocycles. The second-order valence-corrected chi connectivity index (χ2v) is 8.77. The number of halogens is 1. The van der Waals surface area contributed by atoms with Crippen molar-refractivity contribution in [2.45, 2.75) is 45.0 Å². The summed E-state index contributed by atoms with van der Waals surface area (Å²) in [5.74, 6) is 1.06. The number of piperidine rings is 1.